The number of nitrogens with one attached hydrogen (secondary N) is 1. The third-order valence-corrected chi connectivity index (χ3v) is 2.25. The van der Waals surface area contributed by atoms with Gasteiger partial charge < -0.3 is 10.1 Å². The van der Waals surface area contributed by atoms with E-state index >= 15 is 0 Å². The summed E-state index contributed by atoms with van der Waals surface area (Å²) >= 11 is 0. The number of carbonyl (C=O) groups is 2. The number of hydrogen-bond donors (Lipinski definition) is 1. The van der Waals surface area contributed by atoms with E-state index in [0.29, 0.717) is 0 Å². The summed E-state index contributed by atoms with van der Waals surface area (Å²) in [5.74, 6) is -1.94. The second-order valence-corrected chi connectivity index (χ2v) is 5.27. The van der Waals surface area contributed by atoms with Gasteiger partial charge in [0.2, 0.25) is 0 Å². The normalized spacial score (nSPS) is 12.7. The third kappa shape index (κ3) is 4.69. The Labute approximate surface area is 112 Å². The molecule has 1 aromatic carbocycles. The summed E-state index contributed by atoms with van der Waals surface area (Å²) in [6.07, 6.45) is -0.980. The molecule has 0 aliphatic heterocycles. The summed E-state index contributed by atoms with van der Waals surface area (Å²) in [5, 5.41) is 2.68. The van der Waals surface area contributed by atoms with Crippen LogP contribution in [0.25, 0.3) is 0 Å². The Balaban J connectivity index is 2.67. The highest BCUT2D eigenvalue weighted by atomic mass is 19.1. The van der Waals surface area contributed by atoms with Crippen LogP contribution in [-0.4, -0.2) is 23.5 Å². The maximum absolute atomic E-state index is 13.4. The standard InChI is InChI=1S/C14H18FNO3/c1-9(12(17)16-14(2,3)4)19-13(18)10-7-5-6-8-11(10)15/h5-9H,1-4H3,(H,16,17)/t9-/m0/s1. The molecular weight excluding hydrogens is 249 g/mol. The number of amides is 1. The molecule has 19 heavy (non-hydrogen) atoms. The quantitative estimate of drug-likeness (QED) is 0.855. The molecule has 1 N–H and O–H groups in total. The summed E-state index contributed by atoms with van der Waals surface area (Å²) < 4.78 is 18.3. The summed E-state index contributed by atoms with van der Waals surface area (Å²) in [4.78, 5) is 23.4. The fourth-order valence-corrected chi connectivity index (χ4v) is 1.38. The third-order valence-electron chi connectivity index (χ3n) is 2.25. The zero-order valence-electron chi connectivity index (χ0n) is 11.5. The Morgan fingerprint density at radius 2 is 1.84 bits per heavy atom. The van der Waals surface area contributed by atoms with Gasteiger partial charge in [0, 0.05) is 5.54 Å². The van der Waals surface area contributed by atoms with E-state index in [0.717, 1.165) is 6.07 Å². The molecule has 4 nitrogen and oxygen atoms in total. The van der Waals surface area contributed by atoms with Crippen LogP contribution < -0.4 is 5.32 Å². The maximum Gasteiger partial charge on any atom is 0.341 e. The van der Waals surface area contributed by atoms with E-state index in [2.05, 4.69) is 5.32 Å². The van der Waals surface area contributed by atoms with E-state index in [9.17, 15) is 14.0 Å². The largest absolute Gasteiger partial charge is 0.449 e. The lowest BCUT2D eigenvalue weighted by Crippen LogP contribution is -2.46. The van der Waals surface area contributed by atoms with Crippen molar-refractivity contribution in [3.63, 3.8) is 0 Å². The van der Waals surface area contributed by atoms with Gasteiger partial charge in [0.25, 0.3) is 5.91 Å². The van der Waals surface area contributed by atoms with Crippen molar-refractivity contribution in [1.82, 2.24) is 5.32 Å². The number of hydrogen-bond acceptors (Lipinski definition) is 3. The van der Waals surface area contributed by atoms with Crippen molar-refractivity contribution in [2.75, 3.05) is 0 Å². The van der Waals surface area contributed by atoms with E-state index < -0.39 is 29.3 Å². The molecule has 0 fully saturated rings. The Hall–Kier alpha value is -1.91. The SMILES string of the molecule is C[C@H](OC(=O)c1ccccc1F)C(=O)NC(C)(C)C. The second kappa shape index (κ2) is 5.82. The van der Waals surface area contributed by atoms with Crippen LogP contribution in [0.5, 0.6) is 0 Å². The maximum atomic E-state index is 13.4. The van der Waals surface area contributed by atoms with Gasteiger partial charge in [-0.15, -0.1) is 0 Å². The molecule has 0 radical (unpaired) electrons. The summed E-state index contributed by atoms with van der Waals surface area (Å²) in [7, 11) is 0. The lowest BCUT2D eigenvalue weighted by Gasteiger charge is -2.23. The number of ether oxygens (including phenoxy) is 1. The summed E-state index contributed by atoms with van der Waals surface area (Å²) in [5.41, 5.74) is -0.603. The van der Waals surface area contributed by atoms with Gasteiger partial charge in [0.05, 0.1) is 5.56 Å². The van der Waals surface area contributed by atoms with Gasteiger partial charge in [-0.2, -0.15) is 0 Å². The van der Waals surface area contributed by atoms with Gasteiger partial charge in [-0.05, 0) is 39.8 Å². The molecular formula is C14H18FNO3. The van der Waals surface area contributed by atoms with Gasteiger partial charge in [-0.1, -0.05) is 12.1 Å². The Morgan fingerprint density at radius 1 is 1.26 bits per heavy atom. The van der Waals surface area contributed by atoms with Crippen molar-refractivity contribution in [1.29, 1.82) is 0 Å². The van der Waals surface area contributed by atoms with Crippen molar-refractivity contribution in [3.05, 3.63) is 35.6 Å². The molecule has 0 aromatic heterocycles. The minimum atomic E-state index is -0.980. The van der Waals surface area contributed by atoms with Gasteiger partial charge in [0.1, 0.15) is 5.82 Å². The van der Waals surface area contributed by atoms with Crippen LogP contribution >= 0.6 is 0 Å². The van der Waals surface area contributed by atoms with Crippen molar-refractivity contribution in [2.45, 2.75) is 39.3 Å². The first-order valence-electron chi connectivity index (χ1n) is 5.98. The lowest BCUT2D eigenvalue weighted by molar-refractivity contribution is -0.130. The average Bonchev–Trinajstić information content (AvgIpc) is 2.27. The first kappa shape index (κ1) is 15.1. The molecule has 0 saturated carbocycles. The van der Waals surface area contributed by atoms with Gasteiger partial charge in [-0.25, -0.2) is 9.18 Å². The Kier molecular flexibility index (Phi) is 4.64. The zero-order valence-corrected chi connectivity index (χ0v) is 11.5. The molecule has 5 heteroatoms. The molecule has 1 atom stereocenters. The molecule has 104 valence electrons. The molecule has 0 spiro atoms. The van der Waals surface area contributed by atoms with Crippen molar-refractivity contribution < 1.29 is 18.7 Å². The number of benzene rings is 1. The van der Waals surface area contributed by atoms with Crippen molar-refractivity contribution in [2.24, 2.45) is 0 Å². The molecule has 0 aliphatic rings. The fraction of sp³-hybridized carbons (Fsp3) is 0.429. The topological polar surface area (TPSA) is 55.4 Å². The lowest BCUT2D eigenvalue weighted by atomic mass is 10.1. The predicted molar refractivity (Wildman–Crippen MR) is 69.2 cm³/mol. The van der Waals surface area contributed by atoms with Crippen molar-refractivity contribution >= 4 is 11.9 Å². The van der Waals surface area contributed by atoms with Crippen LogP contribution in [0.4, 0.5) is 4.39 Å². The van der Waals surface area contributed by atoms with Gasteiger partial charge in [0.15, 0.2) is 6.10 Å². The Morgan fingerprint density at radius 3 is 2.37 bits per heavy atom. The first-order valence-corrected chi connectivity index (χ1v) is 5.98. The van der Waals surface area contributed by atoms with E-state index in [1.54, 1.807) is 0 Å². The predicted octanol–water partition coefficient (Wildman–Crippen LogP) is 2.29. The van der Waals surface area contributed by atoms with Gasteiger partial charge >= 0.3 is 5.97 Å². The molecule has 1 aromatic rings. The molecule has 0 bridgehead atoms. The molecule has 0 heterocycles. The minimum absolute atomic E-state index is 0.182. The molecule has 0 aliphatic carbocycles. The number of rotatable bonds is 3. The van der Waals surface area contributed by atoms with Crippen LogP contribution in [0.3, 0.4) is 0 Å². The van der Waals surface area contributed by atoms with Crippen LogP contribution in [0.2, 0.25) is 0 Å². The zero-order chi connectivity index (χ0) is 14.6. The second-order valence-electron chi connectivity index (χ2n) is 5.27. The summed E-state index contributed by atoms with van der Waals surface area (Å²) in [6.45, 7) is 6.89. The minimum Gasteiger partial charge on any atom is -0.449 e. The van der Waals surface area contributed by atoms with E-state index in [-0.39, 0.29) is 5.56 Å². The number of esters is 1. The highest BCUT2D eigenvalue weighted by Gasteiger charge is 2.23. The monoisotopic (exact) mass is 267 g/mol. The van der Waals surface area contributed by atoms with Gasteiger partial charge in [-0.3, -0.25) is 4.79 Å². The highest BCUT2D eigenvalue weighted by molar-refractivity contribution is 5.92. The van der Waals surface area contributed by atoms with Crippen LogP contribution in [0, 0.1) is 5.82 Å². The smallest absolute Gasteiger partial charge is 0.341 e. The van der Waals surface area contributed by atoms with Crippen molar-refractivity contribution in [3.8, 4) is 0 Å². The highest BCUT2D eigenvalue weighted by Crippen LogP contribution is 2.10. The molecule has 0 unspecified atom stereocenters. The van der Waals surface area contributed by atoms with E-state index in [1.807, 2.05) is 20.8 Å². The van der Waals surface area contributed by atoms with Crippen LogP contribution in [0.15, 0.2) is 24.3 Å². The molecule has 0 saturated heterocycles. The number of halogens is 1. The molecule has 1 rings (SSSR count). The fourth-order valence-electron chi connectivity index (χ4n) is 1.38. The van der Waals surface area contributed by atoms with E-state index in [1.165, 1.54) is 25.1 Å². The van der Waals surface area contributed by atoms with E-state index in [4.69, 9.17) is 4.74 Å². The van der Waals surface area contributed by atoms with Crippen LogP contribution in [0.1, 0.15) is 38.1 Å². The first-order chi connectivity index (χ1) is 8.70. The Bertz CT molecular complexity index is 480. The average molecular weight is 267 g/mol. The molecule has 1 amide bonds. The summed E-state index contributed by atoms with van der Waals surface area (Å²) in [6, 6.07) is 5.48. The van der Waals surface area contributed by atoms with Crippen LogP contribution in [-0.2, 0) is 9.53 Å². The number of carbonyl (C=O) groups excluding carboxylic acids is 2.